The fraction of sp³-hybridized carbons (Fsp3) is 0. The number of halogens is 4. The fourth-order valence-corrected chi connectivity index (χ4v) is 3.51. The van der Waals surface area contributed by atoms with Gasteiger partial charge in [0.1, 0.15) is 5.82 Å². The summed E-state index contributed by atoms with van der Waals surface area (Å²) in [6, 6.07) is 8.47. The van der Waals surface area contributed by atoms with Gasteiger partial charge >= 0.3 is 0 Å². The van der Waals surface area contributed by atoms with Crippen LogP contribution in [0.1, 0.15) is 0 Å². The van der Waals surface area contributed by atoms with Crippen LogP contribution in [0.15, 0.2) is 39.3 Å². The Bertz CT molecular complexity index is 888. The lowest BCUT2D eigenvalue weighted by atomic mass is 10.2. The van der Waals surface area contributed by atoms with E-state index >= 15 is 0 Å². The van der Waals surface area contributed by atoms with Crippen LogP contribution in [0, 0.1) is 10.6 Å². The second-order valence-corrected chi connectivity index (χ2v) is 6.68. The van der Waals surface area contributed by atoms with Crippen molar-refractivity contribution < 1.29 is 4.39 Å². The molecule has 2 aromatic carbocycles. The summed E-state index contributed by atoms with van der Waals surface area (Å²) < 4.78 is 17.2. The van der Waals surface area contributed by atoms with Crippen molar-refractivity contribution in [1.29, 1.82) is 0 Å². The van der Waals surface area contributed by atoms with Gasteiger partial charge in [0.05, 0.1) is 21.2 Å². The minimum atomic E-state index is -0.342. The zero-order valence-corrected chi connectivity index (χ0v) is 14.5. The predicted octanol–water partition coefficient (Wildman–Crippen LogP) is 6.01. The number of imidazole rings is 1. The third-order valence-corrected chi connectivity index (χ3v) is 4.64. The molecule has 3 rings (SSSR count). The molecule has 0 atom stereocenters. The molecule has 0 aliphatic carbocycles. The number of rotatable bonds is 1. The number of aromatic amines is 1. The van der Waals surface area contributed by atoms with E-state index in [9.17, 15) is 4.39 Å². The van der Waals surface area contributed by atoms with Crippen LogP contribution in [0.25, 0.3) is 16.7 Å². The normalized spacial score (nSPS) is 11.2. The molecule has 0 radical (unpaired) electrons. The number of hydrogen-bond donors (Lipinski definition) is 1. The third kappa shape index (κ3) is 2.35. The van der Waals surface area contributed by atoms with Crippen LogP contribution < -0.4 is 0 Å². The summed E-state index contributed by atoms with van der Waals surface area (Å²) in [6.07, 6.45) is 0. The molecule has 102 valence electrons. The van der Waals surface area contributed by atoms with E-state index in [0.717, 1.165) is 15.7 Å². The summed E-state index contributed by atoms with van der Waals surface area (Å²) in [5.41, 5.74) is 2.22. The van der Waals surface area contributed by atoms with Crippen LogP contribution in [-0.4, -0.2) is 9.55 Å². The Hall–Kier alpha value is -0.690. The lowest BCUT2D eigenvalue weighted by Gasteiger charge is -2.08. The molecule has 2 nitrogen and oxygen atoms in total. The molecular weight excluding hydrogens is 430 g/mol. The molecule has 1 aromatic heterocycles. The highest BCUT2D eigenvalue weighted by molar-refractivity contribution is 9.10. The Morgan fingerprint density at radius 2 is 1.90 bits per heavy atom. The van der Waals surface area contributed by atoms with Gasteiger partial charge in [0, 0.05) is 15.6 Å². The predicted molar refractivity (Wildman–Crippen MR) is 88.8 cm³/mol. The maximum absolute atomic E-state index is 13.8. The minimum absolute atomic E-state index is 0.342. The summed E-state index contributed by atoms with van der Waals surface area (Å²) in [5, 5.41) is 0.612. The van der Waals surface area contributed by atoms with E-state index in [0.29, 0.717) is 19.8 Å². The van der Waals surface area contributed by atoms with Gasteiger partial charge in [0.25, 0.3) is 0 Å². The van der Waals surface area contributed by atoms with Crippen LogP contribution >= 0.6 is 55.7 Å². The monoisotopic (exact) mass is 434 g/mol. The molecule has 0 aliphatic heterocycles. The number of hydrogen-bond acceptors (Lipinski definition) is 1. The lowest BCUT2D eigenvalue weighted by molar-refractivity contribution is 0.622. The van der Waals surface area contributed by atoms with Crippen molar-refractivity contribution in [2.75, 3.05) is 0 Å². The minimum Gasteiger partial charge on any atom is -0.330 e. The van der Waals surface area contributed by atoms with Crippen molar-refractivity contribution in [1.82, 2.24) is 9.55 Å². The van der Waals surface area contributed by atoms with E-state index < -0.39 is 0 Å². The zero-order valence-electron chi connectivity index (χ0n) is 9.75. The first kappa shape index (κ1) is 14.3. The second kappa shape index (κ2) is 5.26. The molecule has 0 aliphatic rings. The number of nitrogens with zero attached hydrogens (tertiary/aromatic N) is 1. The first-order chi connectivity index (χ1) is 9.47. The number of H-pyrrole nitrogens is 1. The molecule has 0 unspecified atom stereocenters. The van der Waals surface area contributed by atoms with Crippen LogP contribution in [0.3, 0.4) is 0 Å². The van der Waals surface area contributed by atoms with Gasteiger partial charge in [-0.15, -0.1) is 0 Å². The van der Waals surface area contributed by atoms with E-state index in [1.165, 1.54) is 6.07 Å². The maximum atomic E-state index is 13.8. The molecule has 0 bridgehead atoms. The number of nitrogens with one attached hydrogen (secondary N) is 1. The van der Waals surface area contributed by atoms with Crippen LogP contribution in [0.5, 0.6) is 0 Å². The molecule has 0 spiro atoms. The van der Waals surface area contributed by atoms with Crippen LogP contribution in [0.2, 0.25) is 5.02 Å². The zero-order chi connectivity index (χ0) is 14.4. The highest BCUT2D eigenvalue weighted by Gasteiger charge is 2.12. The Balaban J connectivity index is 2.39. The van der Waals surface area contributed by atoms with Crippen LogP contribution in [-0.2, 0) is 0 Å². The smallest absolute Gasteiger partial charge is 0.182 e. The van der Waals surface area contributed by atoms with Gasteiger partial charge < -0.3 is 4.98 Å². The van der Waals surface area contributed by atoms with Gasteiger partial charge in [-0.05, 0) is 68.3 Å². The summed E-state index contributed by atoms with van der Waals surface area (Å²) in [7, 11) is 0. The molecule has 0 saturated carbocycles. The summed E-state index contributed by atoms with van der Waals surface area (Å²) in [5.74, 6) is -0.342. The van der Waals surface area contributed by atoms with Crippen molar-refractivity contribution >= 4 is 66.7 Å². The van der Waals surface area contributed by atoms with E-state index in [2.05, 4.69) is 36.8 Å². The van der Waals surface area contributed by atoms with E-state index in [4.69, 9.17) is 23.8 Å². The van der Waals surface area contributed by atoms with Gasteiger partial charge in [-0.2, -0.15) is 0 Å². The van der Waals surface area contributed by atoms with Gasteiger partial charge in [-0.3, -0.25) is 4.57 Å². The van der Waals surface area contributed by atoms with Crippen molar-refractivity contribution in [3.05, 3.63) is 54.9 Å². The number of aromatic nitrogens is 2. The van der Waals surface area contributed by atoms with Crippen molar-refractivity contribution in [3.63, 3.8) is 0 Å². The van der Waals surface area contributed by atoms with Crippen molar-refractivity contribution in [2.24, 2.45) is 0 Å². The van der Waals surface area contributed by atoms with E-state index in [-0.39, 0.29) is 5.82 Å². The lowest BCUT2D eigenvalue weighted by Crippen LogP contribution is -1.95. The molecule has 7 heteroatoms. The van der Waals surface area contributed by atoms with Crippen molar-refractivity contribution in [3.8, 4) is 5.69 Å². The second-order valence-electron chi connectivity index (χ2n) is 4.14. The highest BCUT2D eigenvalue weighted by atomic mass is 79.9. The Morgan fingerprint density at radius 1 is 1.15 bits per heavy atom. The Labute approximate surface area is 140 Å². The summed E-state index contributed by atoms with van der Waals surface area (Å²) in [4.78, 5) is 3.06. The molecule has 3 aromatic rings. The standard InChI is InChI=1S/C13H6Br2ClFN2S/c14-7-4-10-12(5-9(7)17)19(13(20)18-10)11-2-1-6(16)3-8(11)15/h1-5H,(H,18,20). The Kier molecular flexibility index (Phi) is 3.75. The van der Waals surface area contributed by atoms with Gasteiger partial charge in [0.15, 0.2) is 4.77 Å². The van der Waals surface area contributed by atoms with Crippen molar-refractivity contribution in [2.45, 2.75) is 0 Å². The quantitative estimate of drug-likeness (QED) is 0.464. The Morgan fingerprint density at radius 3 is 2.60 bits per heavy atom. The third-order valence-electron chi connectivity index (χ3n) is 2.87. The average Bonchev–Trinajstić information content (AvgIpc) is 2.66. The maximum Gasteiger partial charge on any atom is 0.182 e. The summed E-state index contributed by atoms with van der Waals surface area (Å²) >= 11 is 17.9. The van der Waals surface area contributed by atoms with E-state index in [1.807, 2.05) is 6.07 Å². The molecule has 0 amide bonds. The van der Waals surface area contributed by atoms with E-state index in [1.54, 1.807) is 22.8 Å². The number of benzene rings is 2. The molecule has 0 saturated heterocycles. The number of fused-ring (bicyclic) bond motifs is 1. The average molecular weight is 437 g/mol. The topological polar surface area (TPSA) is 20.7 Å². The van der Waals surface area contributed by atoms with Gasteiger partial charge in [-0.25, -0.2) is 4.39 Å². The fourth-order valence-electron chi connectivity index (χ4n) is 2.00. The van der Waals surface area contributed by atoms with Crippen LogP contribution in [0.4, 0.5) is 4.39 Å². The first-order valence-electron chi connectivity index (χ1n) is 5.52. The molecule has 1 heterocycles. The summed E-state index contributed by atoms with van der Waals surface area (Å²) in [6.45, 7) is 0. The molecule has 1 N–H and O–H groups in total. The van der Waals surface area contributed by atoms with Gasteiger partial charge in [0.2, 0.25) is 0 Å². The van der Waals surface area contributed by atoms with Gasteiger partial charge in [-0.1, -0.05) is 11.6 Å². The molecule has 20 heavy (non-hydrogen) atoms. The largest absolute Gasteiger partial charge is 0.330 e. The molecule has 0 fully saturated rings. The SMILES string of the molecule is Fc1cc2c(cc1Br)[nH]c(=S)n2-c1ccc(Cl)cc1Br. The molecular formula is C13H6Br2ClFN2S. The highest BCUT2D eigenvalue weighted by Crippen LogP contribution is 2.30. The first-order valence-corrected chi connectivity index (χ1v) is 7.90.